The molecule has 1 unspecified atom stereocenters. The predicted octanol–water partition coefficient (Wildman–Crippen LogP) is 4.67. The molecule has 0 fully saturated rings. The SMILES string of the molecule is CCCNC(c1cc(C)cc(C)c1)c1ccc(F)c(F)c1. The van der Waals surface area contributed by atoms with E-state index in [-0.39, 0.29) is 6.04 Å². The van der Waals surface area contributed by atoms with Gasteiger partial charge in [0.15, 0.2) is 11.6 Å². The number of hydrogen-bond acceptors (Lipinski definition) is 1. The van der Waals surface area contributed by atoms with Crippen LogP contribution >= 0.6 is 0 Å². The van der Waals surface area contributed by atoms with E-state index in [1.54, 1.807) is 6.07 Å². The van der Waals surface area contributed by atoms with Gasteiger partial charge in [-0.15, -0.1) is 0 Å². The van der Waals surface area contributed by atoms with Gasteiger partial charge in [-0.2, -0.15) is 0 Å². The fourth-order valence-corrected chi connectivity index (χ4v) is 2.59. The number of rotatable bonds is 5. The Kier molecular flexibility index (Phi) is 5.07. The molecule has 2 aromatic carbocycles. The monoisotopic (exact) mass is 289 g/mol. The minimum Gasteiger partial charge on any atom is -0.306 e. The first kappa shape index (κ1) is 15.6. The average molecular weight is 289 g/mol. The highest BCUT2D eigenvalue weighted by molar-refractivity contribution is 5.37. The van der Waals surface area contributed by atoms with Crippen molar-refractivity contribution in [1.82, 2.24) is 5.32 Å². The molecule has 0 aliphatic rings. The van der Waals surface area contributed by atoms with Crippen LogP contribution in [0, 0.1) is 25.5 Å². The third-order valence-corrected chi connectivity index (χ3v) is 3.45. The highest BCUT2D eigenvalue weighted by Crippen LogP contribution is 2.25. The fourth-order valence-electron chi connectivity index (χ4n) is 2.59. The van der Waals surface area contributed by atoms with E-state index in [0.717, 1.165) is 35.2 Å². The normalized spacial score (nSPS) is 12.4. The molecule has 1 atom stereocenters. The molecule has 0 radical (unpaired) electrons. The van der Waals surface area contributed by atoms with Crippen LogP contribution in [0.3, 0.4) is 0 Å². The van der Waals surface area contributed by atoms with Gasteiger partial charge in [0, 0.05) is 0 Å². The fraction of sp³-hybridized carbons (Fsp3) is 0.333. The summed E-state index contributed by atoms with van der Waals surface area (Å²) >= 11 is 0. The van der Waals surface area contributed by atoms with Crippen LogP contribution in [-0.2, 0) is 0 Å². The molecule has 0 saturated heterocycles. The third-order valence-electron chi connectivity index (χ3n) is 3.45. The molecule has 0 bridgehead atoms. The van der Waals surface area contributed by atoms with Gasteiger partial charge in [0.1, 0.15) is 0 Å². The van der Waals surface area contributed by atoms with Crippen molar-refractivity contribution in [1.29, 1.82) is 0 Å². The Bertz CT molecular complexity index is 602. The molecular formula is C18H21F2N. The molecule has 2 rings (SSSR count). The van der Waals surface area contributed by atoms with Crippen molar-refractivity contribution in [3.05, 3.63) is 70.3 Å². The zero-order valence-electron chi connectivity index (χ0n) is 12.7. The Morgan fingerprint density at radius 2 is 1.57 bits per heavy atom. The van der Waals surface area contributed by atoms with Crippen LogP contribution in [0.5, 0.6) is 0 Å². The van der Waals surface area contributed by atoms with E-state index >= 15 is 0 Å². The molecular weight excluding hydrogens is 268 g/mol. The Labute approximate surface area is 125 Å². The molecule has 1 N–H and O–H groups in total. The van der Waals surface area contributed by atoms with Crippen LogP contribution in [0.2, 0.25) is 0 Å². The van der Waals surface area contributed by atoms with Crippen molar-refractivity contribution in [3.63, 3.8) is 0 Å². The van der Waals surface area contributed by atoms with E-state index in [2.05, 4.69) is 30.4 Å². The summed E-state index contributed by atoms with van der Waals surface area (Å²) in [6, 6.07) is 10.3. The van der Waals surface area contributed by atoms with Gasteiger partial charge in [0.2, 0.25) is 0 Å². The van der Waals surface area contributed by atoms with E-state index < -0.39 is 11.6 Å². The van der Waals surface area contributed by atoms with E-state index in [1.807, 2.05) is 13.8 Å². The maximum Gasteiger partial charge on any atom is 0.159 e. The predicted molar refractivity (Wildman–Crippen MR) is 82.4 cm³/mol. The smallest absolute Gasteiger partial charge is 0.159 e. The van der Waals surface area contributed by atoms with Gasteiger partial charge in [-0.05, 0) is 50.1 Å². The van der Waals surface area contributed by atoms with Gasteiger partial charge in [0.05, 0.1) is 6.04 Å². The van der Waals surface area contributed by atoms with Gasteiger partial charge in [-0.25, -0.2) is 8.78 Å². The molecule has 0 amide bonds. The highest BCUT2D eigenvalue weighted by Gasteiger charge is 2.16. The van der Waals surface area contributed by atoms with Crippen LogP contribution in [0.4, 0.5) is 8.78 Å². The first-order valence-corrected chi connectivity index (χ1v) is 7.27. The second-order valence-corrected chi connectivity index (χ2v) is 5.48. The quantitative estimate of drug-likeness (QED) is 0.843. The summed E-state index contributed by atoms with van der Waals surface area (Å²) in [6.07, 6.45) is 0.977. The lowest BCUT2D eigenvalue weighted by Gasteiger charge is -2.21. The highest BCUT2D eigenvalue weighted by atomic mass is 19.2. The lowest BCUT2D eigenvalue weighted by Crippen LogP contribution is -2.23. The minimum absolute atomic E-state index is 0.126. The maximum atomic E-state index is 13.5. The second kappa shape index (κ2) is 6.81. The Hall–Kier alpha value is -1.74. The average Bonchev–Trinajstić information content (AvgIpc) is 2.42. The number of nitrogens with one attached hydrogen (secondary N) is 1. The molecule has 0 saturated carbocycles. The zero-order chi connectivity index (χ0) is 15.4. The maximum absolute atomic E-state index is 13.5. The summed E-state index contributed by atoms with van der Waals surface area (Å²) in [7, 11) is 0. The summed E-state index contributed by atoms with van der Waals surface area (Å²) in [5, 5.41) is 3.41. The number of aryl methyl sites for hydroxylation is 2. The van der Waals surface area contributed by atoms with Crippen molar-refractivity contribution in [2.75, 3.05) is 6.54 Å². The first-order valence-electron chi connectivity index (χ1n) is 7.27. The zero-order valence-corrected chi connectivity index (χ0v) is 12.7. The molecule has 21 heavy (non-hydrogen) atoms. The van der Waals surface area contributed by atoms with E-state index in [1.165, 1.54) is 12.1 Å². The van der Waals surface area contributed by atoms with Gasteiger partial charge in [-0.3, -0.25) is 0 Å². The van der Waals surface area contributed by atoms with Crippen LogP contribution < -0.4 is 5.32 Å². The summed E-state index contributed by atoms with van der Waals surface area (Å²) in [5.74, 6) is -1.62. The first-order chi connectivity index (χ1) is 10.0. The molecule has 2 aromatic rings. The molecule has 0 aliphatic carbocycles. The summed E-state index contributed by atoms with van der Waals surface area (Å²) in [4.78, 5) is 0. The van der Waals surface area contributed by atoms with Gasteiger partial charge < -0.3 is 5.32 Å². The van der Waals surface area contributed by atoms with Crippen LogP contribution in [-0.4, -0.2) is 6.54 Å². The van der Waals surface area contributed by atoms with Crippen LogP contribution in [0.25, 0.3) is 0 Å². The van der Waals surface area contributed by atoms with Crippen molar-refractivity contribution in [2.45, 2.75) is 33.2 Å². The molecule has 112 valence electrons. The number of hydrogen-bond donors (Lipinski definition) is 1. The van der Waals surface area contributed by atoms with Gasteiger partial charge >= 0.3 is 0 Å². The van der Waals surface area contributed by atoms with Gasteiger partial charge in [0.25, 0.3) is 0 Å². The van der Waals surface area contributed by atoms with Crippen molar-refractivity contribution in [2.24, 2.45) is 0 Å². The molecule has 0 heterocycles. The molecule has 3 heteroatoms. The number of benzene rings is 2. The summed E-state index contributed by atoms with van der Waals surface area (Å²) in [5.41, 5.74) is 4.14. The van der Waals surface area contributed by atoms with Crippen LogP contribution in [0.1, 0.15) is 41.6 Å². The Balaban J connectivity index is 2.43. The topological polar surface area (TPSA) is 12.0 Å². The van der Waals surface area contributed by atoms with Crippen molar-refractivity contribution in [3.8, 4) is 0 Å². The molecule has 0 spiro atoms. The van der Waals surface area contributed by atoms with E-state index in [4.69, 9.17) is 0 Å². The molecule has 0 aromatic heterocycles. The molecule has 0 aliphatic heterocycles. The lowest BCUT2D eigenvalue weighted by molar-refractivity contribution is 0.503. The van der Waals surface area contributed by atoms with E-state index in [0.29, 0.717) is 0 Å². The van der Waals surface area contributed by atoms with Crippen molar-refractivity contribution >= 4 is 0 Å². The largest absolute Gasteiger partial charge is 0.306 e. The van der Waals surface area contributed by atoms with Crippen molar-refractivity contribution < 1.29 is 8.78 Å². The Morgan fingerprint density at radius 3 is 2.14 bits per heavy atom. The third kappa shape index (κ3) is 3.88. The molecule has 1 nitrogen and oxygen atoms in total. The summed E-state index contributed by atoms with van der Waals surface area (Å²) in [6.45, 7) is 6.98. The number of halogens is 2. The van der Waals surface area contributed by atoms with Gasteiger partial charge in [-0.1, -0.05) is 42.3 Å². The second-order valence-electron chi connectivity index (χ2n) is 5.48. The standard InChI is InChI=1S/C18H21F2N/c1-4-7-21-18(14-5-6-16(19)17(20)11-14)15-9-12(2)8-13(3)10-15/h5-6,8-11,18,21H,4,7H2,1-3H3. The van der Waals surface area contributed by atoms with E-state index in [9.17, 15) is 8.78 Å². The Morgan fingerprint density at radius 1 is 0.905 bits per heavy atom. The van der Waals surface area contributed by atoms with Crippen LogP contribution in [0.15, 0.2) is 36.4 Å². The lowest BCUT2D eigenvalue weighted by atomic mass is 9.95. The summed E-state index contributed by atoms with van der Waals surface area (Å²) < 4.78 is 26.7. The minimum atomic E-state index is -0.812.